The summed E-state index contributed by atoms with van der Waals surface area (Å²) in [7, 11) is -3.61. The summed E-state index contributed by atoms with van der Waals surface area (Å²) in [6, 6.07) is 33.1. The van der Waals surface area contributed by atoms with Crippen LogP contribution in [0.3, 0.4) is 0 Å². The van der Waals surface area contributed by atoms with Crippen LogP contribution in [0.4, 0.5) is 0 Å². The average molecular weight is 514 g/mol. The van der Waals surface area contributed by atoms with Crippen LogP contribution in [0.15, 0.2) is 119 Å². The molecule has 0 radical (unpaired) electrons. The van der Waals surface area contributed by atoms with Crippen molar-refractivity contribution in [2.45, 2.75) is 23.1 Å². The molecule has 0 unspecified atom stereocenters. The number of hydrogen-bond acceptors (Lipinski definition) is 4. The zero-order valence-corrected chi connectivity index (χ0v) is 21.5. The molecule has 184 valence electrons. The van der Waals surface area contributed by atoms with Gasteiger partial charge in [-0.1, -0.05) is 67.6 Å². The predicted octanol–water partition coefficient (Wildman–Crippen LogP) is 8.22. The maximum absolute atomic E-state index is 13.7. The maximum atomic E-state index is 13.7. The first-order chi connectivity index (χ1) is 18.5. The minimum Gasteiger partial charge on any atom is -0.457 e. The van der Waals surface area contributed by atoms with Crippen molar-refractivity contribution < 1.29 is 13.2 Å². The Hall–Kier alpha value is -4.48. The van der Waals surface area contributed by atoms with Gasteiger partial charge in [0.25, 0.3) is 0 Å². The number of fused-ring (bicyclic) bond motifs is 7. The molecule has 0 N–H and O–H groups in total. The Morgan fingerprint density at radius 3 is 2.29 bits per heavy atom. The standard InChI is InChI=1S/C33H23NO3S/c1-2-21-11-16-31-30(19-21)29-14-12-25-26-17-18-34-32(27(26)13-15-28(25)33(29)38(31,35)36)22-7-6-10-24(20-22)37-23-8-4-3-5-9-23/h3-20H,2H2,1H3. The molecule has 6 aromatic rings. The van der Waals surface area contributed by atoms with Crippen molar-refractivity contribution in [2.24, 2.45) is 0 Å². The molecule has 7 rings (SSSR count). The number of pyridine rings is 1. The molecular formula is C33H23NO3S. The predicted molar refractivity (Wildman–Crippen MR) is 151 cm³/mol. The lowest BCUT2D eigenvalue weighted by molar-refractivity contribution is 0.483. The molecule has 0 saturated carbocycles. The van der Waals surface area contributed by atoms with E-state index in [0.29, 0.717) is 9.79 Å². The van der Waals surface area contributed by atoms with E-state index >= 15 is 0 Å². The number of aromatic nitrogens is 1. The largest absolute Gasteiger partial charge is 0.457 e. The van der Waals surface area contributed by atoms with Gasteiger partial charge in [-0.15, -0.1) is 0 Å². The molecule has 2 heterocycles. The summed E-state index contributed by atoms with van der Waals surface area (Å²) in [6.07, 6.45) is 2.64. The highest BCUT2D eigenvalue weighted by Gasteiger charge is 2.35. The second kappa shape index (κ2) is 8.54. The molecule has 0 fully saturated rings. The lowest BCUT2D eigenvalue weighted by Crippen LogP contribution is -1.98. The smallest absolute Gasteiger partial charge is 0.208 e. The molecule has 1 aliphatic rings. The molecule has 1 aromatic heterocycles. The molecular weight excluding hydrogens is 490 g/mol. The van der Waals surface area contributed by atoms with Crippen LogP contribution in [0.1, 0.15) is 12.5 Å². The Labute approximate surface area is 221 Å². The first kappa shape index (κ1) is 22.7. The minimum absolute atomic E-state index is 0.392. The molecule has 1 aliphatic heterocycles. The van der Waals surface area contributed by atoms with Gasteiger partial charge in [0, 0.05) is 33.7 Å². The van der Waals surface area contributed by atoms with E-state index in [0.717, 1.165) is 67.4 Å². The Bertz CT molecular complexity index is 2000. The number of aryl methyl sites for hydroxylation is 1. The van der Waals surface area contributed by atoms with E-state index in [-0.39, 0.29) is 0 Å². The van der Waals surface area contributed by atoms with Gasteiger partial charge >= 0.3 is 0 Å². The van der Waals surface area contributed by atoms with Crippen molar-refractivity contribution in [2.75, 3.05) is 0 Å². The number of hydrogen-bond donors (Lipinski definition) is 0. The first-order valence-corrected chi connectivity index (χ1v) is 14.1. The van der Waals surface area contributed by atoms with E-state index in [9.17, 15) is 8.42 Å². The number of rotatable bonds is 4. The fraction of sp³-hybridized carbons (Fsp3) is 0.0606. The second-order valence-electron chi connectivity index (χ2n) is 9.49. The van der Waals surface area contributed by atoms with Gasteiger partial charge in [-0.2, -0.15) is 0 Å². The molecule has 0 aliphatic carbocycles. The molecule has 0 amide bonds. The summed E-state index contributed by atoms with van der Waals surface area (Å²) in [5, 5.41) is 3.55. The molecule has 4 nitrogen and oxygen atoms in total. The van der Waals surface area contributed by atoms with E-state index in [1.807, 2.05) is 97.1 Å². The fourth-order valence-electron chi connectivity index (χ4n) is 5.46. The summed E-state index contributed by atoms with van der Waals surface area (Å²) >= 11 is 0. The van der Waals surface area contributed by atoms with Gasteiger partial charge < -0.3 is 4.74 Å². The van der Waals surface area contributed by atoms with Gasteiger partial charge in [0.1, 0.15) is 11.5 Å². The highest BCUT2D eigenvalue weighted by atomic mass is 32.2. The van der Waals surface area contributed by atoms with Crippen LogP contribution in [0.2, 0.25) is 0 Å². The van der Waals surface area contributed by atoms with Crippen molar-refractivity contribution in [3.63, 3.8) is 0 Å². The first-order valence-electron chi connectivity index (χ1n) is 12.6. The highest BCUT2D eigenvalue weighted by molar-refractivity contribution is 7.92. The summed E-state index contributed by atoms with van der Waals surface area (Å²) in [4.78, 5) is 5.50. The minimum atomic E-state index is -3.61. The average Bonchev–Trinajstić information content (AvgIpc) is 3.19. The Balaban J connectivity index is 1.40. The van der Waals surface area contributed by atoms with Gasteiger partial charge in [0.05, 0.1) is 15.5 Å². The van der Waals surface area contributed by atoms with Crippen molar-refractivity contribution >= 4 is 31.4 Å². The Morgan fingerprint density at radius 2 is 1.45 bits per heavy atom. The van der Waals surface area contributed by atoms with E-state index < -0.39 is 9.84 Å². The Kier molecular flexibility index (Phi) is 5.10. The summed E-state index contributed by atoms with van der Waals surface area (Å²) in [5.41, 5.74) is 4.45. The van der Waals surface area contributed by atoms with Crippen LogP contribution in [-0.4, -0.2) is 13.4 Å². The lowest BCUT2D eigenvalue weighted by atomic mass is 9.95. The van der Waals surface area contributed by atoms with Gasteiger partial charge in [-0.3, -0.25) is 4.98 Å². The zero-order valence-electron chi connectivity index (χ0n) is 20.7. The van der Waals surface area contributed by atoms with Crippen molar-refractivity contribution in [1.29, 1.82) is 0 Å². The molecule has 0 saturated heterocycles. The molecule has 5 heteroatoms. The quantitative estimate of drug-likeness (QED) is 0.223. The van der Waals surface area contributed by atoms with Crippen LogP contribution in [-0.2, 0) is 16.3 Å². The van der Waals surface area contributed by atoms with E-state index in [1.165, 1.54) is 0 Å². The number of ether oxygens (including phenoxy) is 1. The van der Waals surface area contributed by atoms with Crippen molar-refractivity contribution in [3.8, 4) is 33.9 Å². The number of sulfone groups is 1. The zero-order chi connectivity index (χ0) is 25.9. The van der Waals surface area contributed by atoms with Gasteiger partial charge in [0.2, 0.25) is 9.84 Å². The topological polar surface area (TPSA) is 56.3 Å². The summed E-state index contributed by atoms with van der Waals surface area (Å²) in [5.74, 6) is 1.49. The third-order valence-corrected chi connectivity index (χ3v) is 9.19. The van der Waals surface area contributed by atoms with Crippen LogP contribution in [0.5, 0.6) is 11.5 Å². The van der Waals surface area contributed by atoms with Gasteiger partial charge in [-0.25, -0.2) is 8.42 Å². The molecule has 0 bridgehead atoms. The van der Waals surface area contributed by atoms with Crippen LogP contribution in [0.25, 0.3) is 43.9 Å². The molecule has 38 heavy (non-hydrogen) atoms. The second-order valence-corrected chi connectivity index (χ2v) is 11.3. The molecule has 0 spiro atoms. The number of para-hydroxylation sites is 1. The third-order valence-electron chi connectivity index (χ3n) is 7.28. The van der Waals surface area contributed by atoms with E-state index in [4.69, 9.17) is 9.72 Å². The number of benzene rings is 5. The van der Waals surface area contributed by atoms with Crippen molar-refractivity contribution in [1.82, 2.24) is 4.98 Å². The molecule has 5 aromatic carbocycles. The number of nitrogens with zero attached hydrogens (tertiary/aromatic N) is 1. The van der Waals surface area contributed by atoms with Crippen LogP contribution >= 0.6 is 0 Å². The monoisotopic (exact) mass is 513 g/mol. The highest BCUT2D eigenvalue weighted by Crippen LogP contribution is 2.48. The third kappa shape index (κ3) is 3.43. The summed E-state index contributed by atoms with van der Waals surface area (Å²) in [6.45, 7) is 2.08. The SMILES string of the molecule is CCc1ccc2c(c1)-c1ccc3c(ccc4c(-c5cccc(Oc6ccccc6)c5)nccc43)c1S2(=O)=O. The van der Waals surface area contributed by atoms with Crippen molar-refractivity contribution in [3.05, 3.63) is 115 Å². The summed E-state index contributed by atoms with van der Waals surface area (Å²) < 4.78 is 33.4. The van der Waals surface area contributed by atoms with Gasteiger partial charge in [-0.05, 0) is 65.2 Å². The van der Waals surface area contributed by atoms with E-state index in [1.54, 1.807) is 12.3 Å². The lowest BCUT2D eigenvalue weighted by Gasteiger charge is -2.12. The molecule has 0 atom stereocenters. The maximum Gasteiger partial charge on any atom is 0.208 e. The normalized spacial score (nSPS) is 13.4. The van der Waals surface area contributed by atoms with Crippen LogP contribution in [0, 0.1) is 0 Å². The van der Waals surface area contributed by atoms with Crippen LogP contribution < -0.4 is 4.74 Å². The fourth-order valence-corrected chi connectivity index (χ4v) is 7.32. The van der Waals surface area contributed by atoms with Gasteiger partial charge in [0.15, 0.2) is 0 Å². The Morgan fingerprint density at radius 1 is 0.684 bits per heavy atom. The van der Waals surface area contributed by atoms with E-state index in [2.05, 4.69) is 6.92 Å².